The van der Waals surface area contributed by atoms with Gasteiger partial charge < -0.3 is 10.0 Å². The van der Waals surface area contributed by atoms with Crippen molar-refractivity contribution in [2.45, 2.75) is 34.1 Å². The van der Waals surface area contributed by atoms with Crippen molar-refractivity contribution in [3.63, 3.8) is 0 Å². The summed E-state index contributed by atoms with van der Waals surface area (Å²) in [7, 11) is 0. The topological polar surface area (TPSA) is 81.4 Å². The van der Waals surface area contributed by atoms with Crippen molar-refractivity contribution in [3.05, 3.63) is 11.6 Å². The monoisotopic (exact) mass is 278 g/mol. The number of aliphatic carboxylic acids is 1. The van der Waals surface area contributed by atoms with E-state index >= 15 is 0 Å². The molecule has 0 radical (unpaired) electrons. The summed E-state index contributed by atoms with van der Waals surface area (Å²) in [6.45, 7) is 8.35. The first kappa shape index (κ1) is 16.2. The van der Waals surface area contributed by atoms with Crippen LogP contribution in [0.5, 0.6) is 0 Å². The molecule has 1 aliphatic heterocycles. The highest BCUT2D eigenvalue weighted by molar-refractivity contribution is 5.97. The number of carbonyl (C=O) groups excluding carboxylic acids is 1. The molecule has 110 valence electrons. The van der Waals surface area contributed by atoms with Crippen LogP contribution in [0.25, 0.3) is 0 Å². The average molecular weight is 278 g/mol. The van der Waals surface area contributed by atoms with Gasteiger partial charge in [0, 0.05) is 13.1 Å². The number of amides is 1. The molecule has 1 heterocycles. The second-order valence-corrected chi connectivity index (χ2v) is 6.62. The second-order valence-electron chi connectivity index (χ2n) is 6.62. The third-order valence-corrected chi connectivity index (χ3v) is 3.22. The summed E-state index contributed by atoms with van der Waals surface area (Å²) in [6.07, 6.45) is 2.22. The molecule has 0 aromatic heterocycles. The van der Waals surface area contributed by atoms with Crippen LogP contribution < -0.4 is 0 Å². The molecule has 0 aromatic carbocycles. The number of carboxylic acids is 1. The summed E-state index contributed by atoms with van der Waals surface area (Å²) >= 11 is 0. The van der Waals surface area contributed by atoms with E-state index in [2.05, 4.69) is 0 Å². The highest BCUT2D eigenvalue weighted by atomic mass is 16.4. The quantitative estimate of drug-likeness (QED) is 0.619. The van der Waals surface area contributed by atoms with Crippen LogP contribution in [0.3, 0.4) is 0 Å². The van der Waals surface area contributed by atoms with Crippen LogP contribution in [0.4, 0.5) is 0 Å². The molecular formula is C15H22N2O3. The van der Waals surface area contributed by atoms with Gasteiger partial charge in [-0.25, -0.2) is 0 Å². The van der Waals surface area contributed by atoms with Crippen molar-refractivity contribution in [1.29, 1.82) is 5.26 Å². The van der Waals surface area contributed by atoms with Crippen LogP contribution >= 0.6 is 0 Å². The van der Waals surface area contributed by atoms with Crippen LogP contribution in [0.2, 0.25) is 0 Å². The molecule has 1 aliphatic rings. The van der Waals surface area contributed by atoms with E-state index in [0.717, 1.165) is 0 Å². The van der Waals surface area contributed by atoms with Gasteiger partial charge in [-0.3, -0.25) is 9.59 Å². The number of nitrogens with zero attached hydrogens (tertiary/aromatic N) is 2. The molecule has 1 fully saturated rings. The summed E-state index contributed by atoms with van der Waals surface area (Å²) in [5.41, 5.74) is -0.176. The Labute approximate surface area is 119 Å². The number of allylic oxidation sites excluding steroid dienone is 1. The third-order valence-electron chi connectivity index (χ3n) is 3.22. The van der Waals surface area contributed by atoms with Crippen molar-refractivity contribution in [2.75, 3.05) is 13.1 Å². The van der Waals surface area contributed by atoms with Crippen LogP contribution in [0.1, 0.15) is 34.1 Å². The summed E-state index contributed by atoms with van der Waals surface area (Å²) in [5, 5.41) is 18.3. The largest absolute Gasteiger partial charge is 0.481 e. The number of likely N-dealkylation sites (tertiary alicyclic amines) is 1. The molecule has 1 rings (SSSR count). The predicted molar refractivity (Wildman–Crippen MR) is 74.6 cm³/mol. The first-order valence-corrected chi connectivity index (χ1v) is 6.79. The Bertz CT molecular complexity index is 468. The Kier molecular flexibility index (Phi) is 4.93. The lowest BCUT2D eigenvalue weighted by molar-refractivity contribution is -0.146. The molecular weight excluding hydrogens is 256 g/mol. The van der Waals surface area contributed by atoms with Crippen LogP contribution in [0.15, 0.2) is 11.6 Å². The number of piperidine rings is 1. The van der Waals surface area contributed by atoms with Crippen LogP contribution in [-0.4, -0.2) is 35.0 Å². The Morgan fingerprint density at radius 2 is 1.95 bits per heavy atom. The molecule has 5 heteroatoms. The molecule has 0 saturated carbocycles. The average Bonchev–Trinajstić information content (AvgIpc) is 2.33. The van der Waals surface area contributed by atoms with Gasteiger partial charge in [0.05, 0.1) is 5.92 Å². The molecule has 0 spiro atoms. The van der Waals surface area contributed by atoms with E-state index < -0.39 is 11.9 Å². The maximum Gasteiger partial charge on any atom is 0.308 e. The van der Waals surface area contributed by atoms with Crippen molar-refractivity contribution >= 4 is 11.9 Å². The Hall–Kier alpha value is -1.83. The maximum absolute atomic E-state index is 12.4. The van der Waals surface area contributed by atoms with Crippen molar-refractivity contribution in [2.24, 2.45) is 17.3 Å². The van der Waals surface area contributed by atoms with Gasteiger partial charge in [0.2, 0.25) is 0 Å². The molecule has 1 N–H and O–H groups in total. The van der Waals surface area contributed by atoms with E-state index in [9.17, 15) is 9.59 Å². The van der Waals surface area contributed by atoms with Gasteiger partial charge >= 0.3 is 5.97 Å². The fourth-order valence-corrected chi connectivity index (χ4v) is 2.44. The van der Waals surface area contributed by atoms with E-state index in [0.29, 0.717) is 13.0 Å². The van der Waals surface area contributed by atoms with Gasteiger partial charge in [-0.1, -0.05) is 33.8 Å². The van der Waals surface area contributed by atoms with Gasteiger partial charge in [-0.2, -0.15) is 5.26 Å². The molecule has 5 nitrogen and oxygen atoms in total. The predicted octanol–water partition coefficient (Wildman–Crippen LogP) is 2.05. The highest BCUT2D eigenvalue weighted by Crippen LogP contribution is 2.24. The summed E-state index contributed by atoms with van der Waals surface area (Å²) in [6, 6.07) is 1.94. The second kappa shape index (κ2) is 6.08. The maximum atomic E-state index is 12.4. The van der Waals surface area contributed by atoms with E-state index in [1.165, 1.54) is 4.90 Å². The Balaban J connectivity index is 2.93. The van der Waals surface area contributed by atoms with Gasteiger partial charge in [0.15, 0.2) is 0 Å². The Morgan fingerprint density at radius 3 is 2.40 bits per heavy atom. The minimum atomic E-state index is -0.882. The summed E-state index contributed by atoms with van der Waals surface area (Å²) < 4.78 is 0. The SMILES string of the molecule is CC1CC(C(=O)O)CN(C(=O)/C(C#N)=C/C(C)(C)C)C1. The molecule has 0 aliphatic carbocycles. The number of hydrogen-bond acceptors (Lipinski definition) is 3. The van der Waals surface area contributed by atoms with E-state index in [1.54, 1.807) is 6.08 Å². The zero-order chi connectivity index (χ0) is 15.5. The minimum Gasteiger partial charge on any atom is -0.481 e. The summed E-state index contributed by atoms with van der Waals surface area (Å²) in [5.74, 6) is -1.66. The zero-order valence-corrected chi connectivity index (χ0v) is 12.5. The third kappa shape index (κ3) is 4.37. The molecule has 2 atom stereocenters. The fraction of sp³-hybridized carbons (Fsp3) is 0.667. The van der Waals surface area contributed by atoms with E-state index in [-0.39, 0.29) is 29.4 Å². The van der Waals surface area contributed by atoms with Crippen LogP contribution in [0, 0.1) is 28.6 Å². The van der Waals surface area contributed by atoms with Crippen molar-refractivity contribution < 1.29 is 14.7 Å². The fourth-order valence-electron chi connectivity index (χ4n) is 2.44. The number of carbonyl (C=O) groups is 2. The lowest BCUT2D eigenvalue weighted by Gasteiger charge is -2.34. The highest BCUT2D eigenvalue weighted by Gasteiger charge is 2.33. The first-order chi connectivity index (χ1) is 9.14. The van der Waals surface area contributed by atoms with E-state index in [4.69, 9.17) is 10.4 Å². The normalized spacial score (nSPS) is 24.1. The first-order valence-electron chi connectivity index (χ1n) is 6.79. The molecule has 20 heavy (non-hydrogen) atoms. The molecule has 0 aromatic rings. The zero-order valence-electron chi connectivity index (χ0n) is 12.5. The number of nitriles is 1. The van der Waals surface area contributed by atoms with Gasteiger partial charge in [-0.15, -0.1) is 0 Å². The molecule has 0 bridgehead atoms. The summed E-state index contributed by atoms with van der Waals surface area (Å²) in [4.78, 5) is 25.0. The lowest BCUT2D eigenvalue weighted by Crippen LogP contribution is -2.46. The van der Waals surface area contributed by atoms with Gasteiger partial charge in [0.1, 0.15) is 11.6 Å². The van der Waals surface area contributed by atoms with E-state index in [1.807, 2.05) is 33.8 Å². The van der Waals surface area contributed by atoms with Crippen LogP contribution in [-0.2, 0) is 9.59 Å². The van der Waals surface area contributed by atoms with Gasteiger partial charge in [0.25, 0.3) is 5.91 Å². The number of hydrogen-bond donors (Lipinski definition) is 1. The van der Waals surface area contributed by atoms with Crippen molar-refractivity contribution in [3.8, 4) is 6.07 Å². The molecule has 1 amide bonds. The number of carboxylic acid groups (broad SMARTS) is 1. The van der Waals surface area contributed by atoms with Crippen molar-refractivity contribution in [1.82, 2.24) is 4.90 Å². The van der Waals surface area contributed by atoms with Gasteiger partial charge in [-0.05, 0) is 17.8 Å². The standard InChI is InChI=1S/C15H22N2O3/c1-10-5-11(14(19)20)9-17(8-10)13(18)12(7-16)6-15(2,3)4/h6,10-11H,5,8-9H2,1-4H3,(H,19,20)/b12-6+. The lowest BCUT2D eigenvalue weighted by atomic mass is 9.89. The Morgan fingerprint density at radius 1 is 1.35 bits per heavy atom. The number of rotatable bonds is 2. The molecule has 1 saturated heterocycles. The minimum absolute atomic E-state index is 0.0933. The molecule has 2 unspecified atom stereocenters. The smallest absolute Gasteiger partial charge is 0.308 e.